The van der Waals surface area contributed by atoms with Crippen molar-refractivity contribution in [3.05, 3.63) is 102 Å². The predicted octanol–water partition coefficient (Wildman–Crippen LogP) is 5.79. The molecule has 1 aliphatic heterocycles. The van der Waals surface area contributed by atoms with Crippen LogP contribution in [0.2, 0.25) is 0 Å². The van der Waals surface area contributed by atoms with Gasteiger partial charge in [0.2, 0.25) is 5.91 Å². The van der Waals surface area contributed by atoms with Gasteiger partial charge in [-0.3, -0.25) is 9.59 Å². The number of piperazine rings is 1. The molecule has 2 amide bonds. The monoisotopic (exact) mass is 565 g/mol. The summed E-state index contributed by atoms with van der Waals surface area (Å²) in [6.45, 7) is 6.90. The smallest absolute Gasteiger partial charge is 0.254 e. The molecule has 42 heavy (non-hydrogen) atoms. The van der Waals surface area contributed by atoms with Gasteiger partial charge in [0.25, 0.3) is 5.91 Å². The summed E-state index contributed by atoms with van der Waals surface area (Å²) in [7, 11) is 0. The molecule has 8 heteroatoms. The van der Waals surface area contributed by atoms with Gasteiger partial charge in [0.15, 0.2) is 5.82 Å². The molecule has 0 bridgehead atoms. The minimum Gasteiger partial charge on any atom is -0.352 e. The number of anilines is 1. The molecule has 3 aromatic carbocycles. The summed E-state index contributed by atoms with van der Waals surface area (Å²) in [5.74, 6) is 0.269. The Labute approximate surface area is 246 Å². The number of hydrogen-bond acceptors (Lipinski definition) is 5. The van der Waals surface area contributed by atoms with Crippen LogP contribution in [0.1, 0.15) is 30.6 Å². The van der Waals surface area contributed by atoms with E-state index in [0.717, 1.165) is 29.1 Å². The van der Waals surface area contributed by atoms with E-state index < -0.39 is 5.82 Å². The quantitative estimate of drug-likeness (QED) is 0.257. The van der Waals surface area contributed by atoms with Gasteiger partial charge in [-0.15, -0.1) is 10.2 Å². The van der Waals surface area contributed by atoms with Gasteiger partial charge in [-0.1, -0.05) is 74.9 Å². The topological polar surface area (TPSA) is 69.6 Å². The molecular formula is C34H36FN5O2. The van der Waals surface area contributed by atoms with Crippen molar-refractivity contribution in [1.29, 1.82) is 0 Å². The molecule has 216 valence electrons. The lowest BCUT2D eigenvalue weighted by Crippen LogP contribution is -2.52. The SMILES string of the molecule is CCC(C)CN(CC(=O)N1CCN(c2ccc(-c3ccc(-c4ccccc4)cc3)nn2)CC1)C(=O)c1ccc(F)cc1. The van der Waals surface area contributed by atoms with Gasteiger partial charge in [0.05, 0.1) is 5.69 Å². The lowest BCUT2D eigenvalue weighted by molar-refractivity contribution is -0.132. The van der Waals surface area contributed by atoms with E-state index in [1.165, 1.54) is 29.8 Å². The van der Waals surface area contributed by atoms with E-state index in [2.05, 4.69) is 65.3 Å². The van der Waals surface area contributed by atoms with Crippen molar-refractivity contribution in [1.82, 2.24) is 20.0 Å². The van der Waals surface area contributed by atoms with Crippen molar-refractivity contribution in [3.63, 3.8) is 0 Å². The number of nitrogens with zero attached hydrogens (tertiary/aromatic N) is 5. The van der Waals surface area contributed by atoms with Crippen molar-refractivity contribution < 1.29 is 14.0 Å². The van der Waals surface area contributed by atoms with E-state index in [9.17, 15) is 14.0 Å². The number of halogens is 1. The minimum absolute atomic E-state index is 0.00187. The van der Waals surface area contributed by atoms with Crippen molar-refractivity contribution in [2.24, 2.45) is 5.92 Å². The largest absolute Gasteiger partial charge is 0.352 e. The predicted molar refractivity (Wildman–Crippen MR) is 163 cm³/mol. The molecule has 1 saturated heterocycles. The maximum Gasteiger partial charge on any atom is 0.254 e. The van der Waals surface area contributed by atoms with Crippen LogP contribution in [0, 0.1) is 11.7 Å². The molecule has 0 radical (unpaired) electrons. The Hall–Kier alpha value is -4.59. The summed E-state index contributed by atoms with van der Waals surface area (Å²) in [5, 5.41) is 8.94. The van der Waals surface area contributed by atoms with Crippen LogP contribution in [-0.4, -0.2) is 71.1 Å². The van der Waals surface area contributed by atoms with Crippen molar-refractivity contribution in [3.8, 4) is 22.4 Å². The number of rotatable bonds is 9. The zero-order valence-corrected chi connectivity index (χ0v) is 24.1. The average Bonchev–Trinajstić information content (AvgIpc) is 3.05. The molecule has 7 nitrogen and oxygen atoms in total. The van der Waals surface area contributed by atoms with Crippen molar-refractivity contribution in [2.45, 2.75) is 20.3 Å². The van der Waals surface area contributed by atoms with Gasteiger partial charge in [-0.05, 0) is 53.4 Å². The Morgan fingerprint density at radius 3 is 2.07 bits per heavy atom. The molecule has 0 spiro atoms. The minimum atomic E-state index is -0.397. The van der Waals surface area contributed by atoms with Crippen LogP contribution in [0.5, 0.6) is 0 Å². The third kappa shape index (κ3) is 7.00. The first kappa shape index (κ1) is 28.9. The average molecular weight is 566 g/mol. The van der Waals surface area contributed by atoms with Gasteiger partial charge >= 0.3 is 0 Å². The molecule has 0 aliphatic carbocycles. The van der Waals surface area contributed by atoms with E-state index in [-0.39, 0.29) is 24.3 Å². The Bertz CT molecular complexity index is 1470. The Morgan fingerprint density at radius 2 is 1.45 bits per heavy atom. The molecule has 0 saturated carbocycles. The zero-order chi connectivity index (χ0) is 29.5. The summed E-state index contributed by atoms with van der Waals surface area (Å²) >= 11 is 0. The highest BCUT2D eigenvalue weighted by molar-refractivity contribution is 5.96. The number of aromatic nitrogens is 2. The van der Waals surface area contributed by atoms with Crippen LogP contribution in [0.15, 0.2) is 91.0 Å². The molecule has 1 atom stereocenters. The highest BCUT2D eigenvalue weighted by Gasteiger charge is 2.26. The van der Waals surface area contributed by atoms with Crippen LogP contribution >= 0.6 is 0 Å². The highest BCUT2D eigenvalue weighted by Crippen LogP contribution is 2.24. The Balaban J connectivity index is 1.17. The fourth-order valence-electron chi connectivity index (χ4n) is 5.06. The lowest BCUT2D eigenvalue weighted by atomic mass is 10.0. The third-order valence-corrected chi connectivity index (χ3v) is 7.83. The van der Waals surface area contributed by atoms with E-state index >= 15 is 0 Å². The lowest BCUT2D eigenvalue weighted by Gasteiger charge is -2.36. The summed E-state index contributed by atoms with van der Waals surface area (Å²) < 4.78 is 13.4. The number of carbonyl (C=O) groups excluding carboxylic acids is 2. The maximum absolute atomic E-state index is 13.4. The van der Waals surface area contributed by atoms with Gasteiger partial charge in [-0.2, -0.15) is 0 Å². The maximum atomic E-state index is 13.4. The van der Waals surface area contributed by atoms with Crippen LogP contribution in [0.4, 0.5) is 10.2 Å². The first-order chi connectivity index (χ1) is 20.4. The first-order valence-electron chi connectivity index (χ1n) is 14.5. The first-order valence-corrected chi connectivity index (χ1v) is 14.5. The van der Waals surface area contributed by atoms with Crippen LogP contribution < -0.4 is 4.90 Å². The highest BCUT2D eigenvalue weighted by atomic mass is 19.1. The van der Waals surface area contributed by atoms with E-state index in [1.54, 1.807) is 9.80 Å². The Morgan fingerprint density at radius 1 is 0.810 bits per heavy atom. The van der Waals surface area contributed by atoms with Gasteiger partial charge < -0.3 is 14.7 Å². The Kier molecular flexibility index (Phi) is 9.21. The van der Waals surface area contributed by atoms with E-state index in [0.29, 0.717) is 38.3 Å². The molecule has 1 aliphatic rings. The summed E-state index contributed by atoms with van der Waals surface area (Å²) in [5.41, 5.74) is 4.51. The molecule has 2 heterocycles. The second kappa shape index (κ2) is 13.4. The zero-order valence-electron chi connectivity index (χ0n) is 24.1. The fraction of sp³-hybridized carbons (Fsp3) is 0.294. The van der Waals surface area contributed by atoms with Crippen molar-refractivity contribution >= 4 is 17.6 Å². The standard InChI is InChI=1S/C34H36FN5O2/c1-3-25(2)23-40(34(42)29-13-15-30(35)16-14-29)24-33(41)39-21-19-38(20-22-39)32-18-17-31(36-37-32)28-11-9-27(10-12-28)26-7-5-4-6-8-26/h4-18,25H,3,19-24H2,1-2H3. The van der Waals surface area contributed by atoms with E-state index in [4.69, 9.17) is 0 Å². The van der Waals surface area contributed by atoms with Gasteiger partial charge in [-0.25, -0.2) is 4.39 Å². The van der Waals surface area contributed by atoms with Crippen molar-refractivity contribution in [2.75, 3.05) is 44.2 Å². The number of hydrogen-bond donors (Lipinski definition) is 0. The van der Waals surface area contributed by atoms with Gasteiger partial charge in [0, 0.05) is 43.9 Å². The second-order valence-corrected chi connectivity index (χ2v) is 10.8. The number of carbonyl (C=O) groups is 2. The molecular weight excluding hydrogens is 529 g/mol. The molecule has 1 fully saturated rings. The molecule has 1 unspecified atom stereocenters. The van der Waals surface area contributed by atoms with Crippen LogP contribution in [0.3, 0.4) is 0 Å². The third-order valence-electron chi connectivity index (χ3n) is 7.83. The summed E-state index contributed by atoms with van der Waals surface area (Å²) in [4.78, 5) is 32.0. The molecule has 0 N–H and O–H groups in total. The normalized spacial score (nSPS) is 14.0. The summed E-state index contributed by atoms with van der Waals surface area (Å²) in [6.07, 6.45) is 0.888. The second-order valence-electron chi connectivity index (χ2n) is 10.8. The molecule has 1 aromatic heterocycles. The molecule has 4 aromatic rings. The molecule has 5 rings (SSSR count). The fourth-order valence-corrected chi connectivity index (χ4v) is 5.06. The van der Waals surface area contributed by atoms with Crippen LogP contribution in [0.25, 0.3) is 22.4 Å². The summed E-state index contributed by atoms with van der Waals surface area (Å²) in [6, 6.07) is 28.0. The van der Waals surface area contributed by atoms with Crippen LogP contribution in [-0.2, 0) is 4.79 Å². The number of amides is 2. The number of benzene rings is 3. The van der Waals surface area contributed by atoms with Gasteiger partial charge in [0.1, 0.15) is 12.4 Å². The van der Waals surface area contributed by atoms with E-state index in [1.807, 2.05) is 30.3 Å².